The second kappa shape index (κ2) is 3.91. The van der Waals surface area contributed by atoms with E-state index in [0.29, 0.717) is 12.0 Å². The highest BCUT2D eigenvalue weighted by Crippen LogP contribution is 2.44. The first kappa shape index (κ1) is 10.4. The van der Waals surface area contributed by atoms with E-state index < -0.39 is 0 Å². The highest BCUT2D eigenvalue weighted by Gasteiger charge is 2.35. The van der Waals surface area contributed by atoms with Gasteiger partial charge in [0.05, 0.1) is 12.2 Å². The lowest BCUT2D eigenvalue weighted by Crippen LogP contribution is -2.16. The fourth-order valence-corrected chi connectivity index (χ4v) is 2.35. The predicted octanol–water partition coefficient (Wildman–Crippen LogP) is 2.77. The summed E-state index contributed by atoms with van der Waals surface area (Å²) >= 11 is 0. The van der Waals surface area contributed by atoms with E-state index in [-0.39, 0.29) is 0 Å². The second-order valence-electron chi connectivity index (χ2n) is 4.85. The summed E-state index contributed by atoms with van der Waals surface area (Å²) in [5.74, 6) is 1.49. The SMILES string of the molecule is Cc1cnn(C(c2ccccc2)C2CC2)c1N. The normalized spacial score (nSPS) is 17.0. The molecule has 0 bridgehead atoms. The van der Waals surface area contributed by atoms with Crippen LogP contribution < -0.4 is 5.73 Å². The molecule has 1 heterocycles. The number of aromatic nitrogens is 2. The van der Waals surface area contributed by atoms with Gasteiger partial charge < -0.3 is 5.73 Å². The maximum absolute atomic E-state index is 6.11. The molecular formula is C14H17N3. The van der Waals surface area contributed by atoms with Gasteiger partial charge in [0.2, 0.25) is 0 Å². The molecular weight excluding hydrogens is 210 g/mol. The molecule has 1 saturated carbocycles. The number of benzene rings is 1. The van der Waals surface area contributed by atoms with Crippen LogP contribution in [0.1, 0.15) is 30.0 Å². The third kappa shape index (κ3) is 1.82. The Morgan fingerprint density at radius 1 is 1.29 bits per heavy atom. The van der Waals surface area contributed by atoms with Crippen LogP contribution in [0.25, 0.3) is 0 Å². The zero-order valence-corrected chi connectivity index (χ0v) is 10.0. The quantitative estimate of drug-likeness (QED) is 0.876. The Labute approximate surface area is 101 Å². The maximum Gasteiger partial charge on any atom is 0.125 e. The van der Waals surface area contributed by atoms with Gasteiger partial charge >= 0.3 is 0 Å². The molecule has 0 saturated heterocycles. The summed E-state index contributed by atoms with van der Waals surface area (Å²) < 4.78 is 1.99. The molecule has 88 valence electrons. The van der Waals surface area contributed by atoms with Crippen molar-refractivity contribution in [3.8, 4) is 0 Å². The average molecular weight is 227 g/mol. The van der Waals surface area contributed by atoms with Crippen molar-refractivity contribution in [3.05, 3.63) is 47.7 Å². The topological polar surface area (TPSA) is 43.8 Å². The van der Waals surface area contributed by atoms with Crippen molar-refractivity contribution in [2.75, 3.05) is 5.73 Å². The van der Waals surface area contributed by atoms with Crippen LogP contribution in [-0.2, 0) is 0 Å². The van der Waals surface area contributed by atoms with Gasteiger partial charge in [-0.15, -0.1) is 0 Å². The van der Waals surface area contributed by atoms with E-state index in [0.717, 1.165) is 11.4 Å². The molecule has 3 rings (SSSR count). The van der Waals surface area contributed by atoms with Gasteiger partial charge in [0, 0.05) is 5.56 Å². The minimum Gasteiger partial charge on any atom is -0.384 e. The van der Waals surface area contributed by atoms with E-state index in [4.69, 9.17) is 5.73 Å². The molecule has 17 heavy (non-hydrogen) atoms. The van der Waals surface area contributed by atoms with Crippen molar-refractivity contribution in [2.45, 2.75) is 25.8 Å². The van der Waals surface area contributed by atoms with Crippen LogP contribution in [0, 0.1) is 12.8 Å². The molecule has 2 N–H and O–H groups in total. The number of nitrogens with two attached hydrogens (primary N) is 1. The first-order valence-electron chi connectivity index (χ1n) is 6.12. The van der Waals surface area contributed by atoms with E-state index in [2.05, 4.69) is 29.4 Å². The molecule has 1 aliphatic carbocycles. The molecule has 0 radical (unpaired) electrons. The van der Waals surface area contributed by atoms with E-state index in [1.165, 1.54) is 18.4 Å². The van der Waals surface area contributed by atoms with E-state index >= 15 is 0 Å². The molecule has 0 spiro atoms. The smallest absolute Gasteiger partial charge is 0.125 e. The van der Waals surface area contributed by atoms with Crippen molar-refractivity contribution >= 4 is 5.82 Å². The molecule has 1 fully saturated rings. The van der Waals surface area contributed by atoms with Crippen LogP contribution >= 0.6 is 0 Å². The highest BCUT2D eigenvalue weighted by atomic mass is 15.3. The summed E-state index contributed by atoms with van der Waals surface area (Å²) in [5.41, 5.74) is 8.48. The summed E-state index contributed by atoms with van der Waals surface area (Å²) in [6, 6.07) is 10.9. The third-order valence-electron chi connectivity index (χ3n) is 3.50. The van der Waals surface area contributed by atoms with Crippen molar-refractivity contribution in [2.24, 2.45) is 5.92 Å². The van der Waals surface area contributed by atoms with E-state index in [1.807, 2.05) is 23.9 Å². The summed E-state index contributed by atoms with van der Waals surface area (Å²) in [5, 5.41) is 4.44. The monoisotopic (exact) mass is 227 g/mol. The number of nitrogens with zero attached hydrogens (tertiary/aromatic N) is 2. The largest absolute Gasteiger partial charge is 0.384 e. The number of aryl methyl sites for hydroxylation is 1. The van der Waals surface area contributed by atoms with Gasteiger partial charge in [-0.3, -0.25) is 0 Å². The second-order valence-corrected chi connectivity index (χ2v) is 4.85. The van der Waals surface area contributed by atoms with Gasteiger partial charge in [0.25, 0.3) is 0 Å². The number of rotatable bonds is 3. The lowest BCUT2D eigenvalue weighted by molar-refractivity contribution is 0.477. The Bertz CT molecular complexity index is 512. The molecule has 1 aromatic carbocycles. The minimum atomic E-state index is 0.310. The van der Waals surface area contributed by atoms with Crippen molar-refractivity contribution < 1.29 is 0 Å². The molecule has 1 unspecified atom stereocenters. The molecule has 0 amide bonds. The fourth-order valence-electron chi connectivity index (χ4n) is 2.35. The zero-order valence-electron chi connectivity index (χ0n) is 10.0. The van der Waals surface area contributed by atoms with Crippen LogP contribution in [0.4, 0.5) is 5.82 Å². The lowest BCUT2D eigenvalue weighted by Gasteiger charge is -2.19. The van der Waals surface area contributed by atoms with Crippen molar-refractivity contribution in [3.63, 3.8) is 0 Å². The fraction of sp³-hybridized carbons (Fsp3) is 0.357. The van der Waals surface area contributed by atoms with Crippen molar-refractivity contribution in [1.29, 1.82) is 0 Å². The molecule has 1 atom stereocenters. The molecule has 1 aliphatic rings. The molecule has 1 aromatic heterocycles. The van der Waals surface area contributed by atoms with Crippen LogP contribution in [0.2, 0.25) is 0 Å². The standard InChI is InChI=1S/C14H17N3/c1-10-9-16-17(14(10)15)13(12-7-8-12)11-5-3-2-4-6-11/h2-6,9,12-13H,7-8,15H2,1H3. The summed E-state index contributed by atoms with van der Waals surface area (Å²) in [7, 11) is 0. The number of hydrogen-bond acceptors (Lipinski definition) is 2. The van der Waals surface area contributed by atoms with Crippen LogP contribution in [0.5, 0.6) is 0 Å². The first-order valence-corrected chi connectivity index (χ1v) is 6.12. The van der Waals surface area contributed by atoms with Gasteiger partial charge in [-0.1, -0.05) is 30.3 Å². The van der Waals surface area contributed by atoms with Gasteiger partial charge in [0.15, 0.2) is 0 Å². The molecule has 3 heteroatoms. The molecule has 2 aromatic rings. The Hall–Kier alpha value is -1.77. The van der Waals surface area contributed by atoms with Gasteiger partial charge in [-0.2, -0.15) is 5.10 Å². The highest BCUT2D eigenvalue weighted by molar-refractivity contribution is 5.39. The number of nitrogen functional groups attached to an aromatic ring is 1. The summed E-state index contributed by atoms with van der Waals surface area (Å²) in [4.78, 5) is 0. The van der Waals surface area contributed by atoms with Gasteiger partial charge in [-0.25, -0.2) is 4.68 Å². The lowest BCUT2D eigenvalue weighted by atomic mass is 10.0. The maximum atomic E-state index is 6.11. The number of anilines is 1. The predicted molar refractivity (Wildman–Crippen MR) is 68.7 cm³/mol. The van der Waals surface area contributed by atoms with Crippen LogP contribution in [0.15, 0.2) is 36.5 Å². The van der Waals surface area contributed by atoms with Gasteiger partial charge in [-0.05, 0) is 31.2 Å². The Kier molecular flexibility index (Phi) is 2.39. The van der Waals surface area contributed by atoms with Crippen LogP contribution in [0.3, 0.4) is 0 Å². The zero-order chi connectivity index (χ0) is 11.8. The van der Waals surface area contributed by atoms with Crippen molar-refractivity contribution in [1.82, 2.24) is 9.78 Å². The minimum absolute atomic E-state index is 0.310. The Morgan fingerprint density at radius 2 is 2.00 bits per heavy atom. The summed E-state index contributed by atoms with van der Waals surface area (Å²) in [6.45, 7) is 2.01. The van der Waals surface area contributed by atoms with E-state index in [1.54, 1.807) is 0 Å². The van der Waals surface area contributed by atoms with E-state index in [9.17, 15) is 0 Å². The Balaban J connectivity index is 2.04. The Morgan fingerprint density at radius 3 is 2.53 bits per heavy atom. The molecule has 0 aliphatic heterocycles. The van der Waals surface area contributed by atoms with Crippen LogP contribution in [-0.4, -0.2) is 9.78 Å². The van der Waals surface area contributed by atoms with Gasteiger partial charge in [0.1, 0.15) is 5.82 Å². The number of hydrogen-bond donors (Lipinski definition) is 1. The first-order chi connectivity index (χ1) is 8.27. The summed E-state index contributed by atoms with van der Waals surface area (Å²) in [6.07, 6.45) is 4.41. The molecule has 3 nitrogen and oxygen atoms in total. The third-order valence-corrected chi connectivity index (χ3v) is 3.50. The average Bonchev–Trinajstić information content (AvgIpc) is 3.13.